The van der Waals surface area contributed by atoms with Gasteiger partial charge in [0.25, 0.3) is 0 Å². The van der Waals surface area contributed by atoms with E-state index in [0.717, 1.165) is 22.4 Å². The van der Waals surface area contributed by atoms with Gasteiger partial charge in [0.1, 0.15) is 0 Å². The van der Waals surface area contributed by atoms with Crippen LogP contribution < -0.4 is 0 Å². The van der Waals surface area contributed by atoms with Gasteiger partial charge in [0.2, 0.25) is 0 Å². The molecule has 3 aromatic heterocycles. The molecular formula is C45H28N4S. The normalized spacial score (nSPS) is 11.6. The highest BCUT2D eigenvalue weighted by Crippen LogP contribution is 2.44. The number of para-hydroxylation sites is 3. The number of hydrogen-bond donors (Lipinski definition) is 0. The molecule has 3 heterocycles. The quantitative estimate of drug-likeness (QED) is 0.185. The molecule has 0 bridgehead atoms. The molecule has 0 unspecified atom stereocenters. The van der Waals surface area contributed by atoms with Gasteiger partial charge in [0, 0.05) is 53.2 Å². The highest BCUT2D eigenvalue weighted by molar-refractivity contribution is 7.26. The molecule has 234 valence electrons. The molecule has 7 aromatic carbocycles. The number of hydrogen-bond acceptors (Lipinski definition) is 4. The number of rotatable bonds is 5. The van der Waals surface area contributed by atoms with Gasteiger partial charge in [0.05, 0.1) is 16.7 Å². The first-order valence-electron chi connectivity index (χ1n) is 16.7. The van der Waals surface area contributed by atoms with Gasteiger partial charge in [-0.3, -0.25) is 0 Å². The zero-order chi connectivity index (χ0) is 33.0. The van der Waals surface area contributed by atoms with E-state index in [1.165, 1.54) is 53.1 Å². The van der Waals surface area contributed by atoms with Crippen molar-refractivity contribution >= 4 is 53.3 Å². The van der Waals surface area contributed by atoms with Gasteiger partial charge in [0.15, 0.2) is 17.5 Å². The van der Waals surface area contributed by atoms with Crippen molar-refractivity contribution in [3.05, 3.63) is 170 Å². The Morgan fingerprint density at radius 1 is 0.380 bits per heavy atom. The lowest BCUT2D eigenvalue weighted by Crippen LogP contribution is -2.00. The van der Waals surface area contributed by atoms with E-state index < -0.39 is 0 Å². The lowest BCUT2D eigenvalue weighted by molar-refractivity contribution is 1.07. The van der Waals surface area contributed by atoms with Crippen LogP contribution in [0, 0.1) is 0 Å². The van der Waals surface area contributed by atoms with E-state index in [1.54, 1.807) is 0 Å². The maximum Gasteiger partial charge on any atom is 0.164 e. The second-order valence-corrected chi connectivity index (χ2v) is 13.5. The third-order valence-corrected chi connectivity index (χ3v) is 10.6. The average molecular weight is 657 g/mol. The molecule has 0 aliphatic carbocycles. The van der Waals surface area contributed by atoms with Gasteiger partial charge in [-0.05, 0) is 48.0 Å². The summed E-state index contributed by atoms with van der Waals surface area (Å²) < 4.78 is 4.89. The monoisotopic (exact) mass is 656 g/mol. The van der Waals surface area contributed by atoms with E-state index in [1.807, 2.05) is 72.0 Å². The van der Waals surface area contributed by atoms with Gasteiger partial charge >= 0.3 is 0 Å². The second kappa shape index (κ2) is 11.6. The molecule has 0 fully saturated rings. The van der Waals surface area contributed by atoms with Crippen LogP contribution in [0.15, 0.2) is 170 Å². The minimum Gasteiger partial charge on any atom is -0.309 e. The molecule has 10 rings (SSSR count). The Bertz CT molecular complexity index is 2760. The van der Waals surface area contributed by atoms with Crippen LogP contribution >= 0.6 is 11.3 Å². The molecule has 4 nitrogen and oxygen atoms in total. The molecule has 0 N–H and O–H groups in total. The predicted octanol–water partition coefficient (Wildman–Crippen LogP) is 12.0. The summed E-state index contributed by atoms with van der Waals surface area (Å²) >= 11 is 1.82. The molecule has 0 aliphatic heterocycles. The maximum atomic E-state index is 5.03. The Labute approximate surface area is 292 Å². The van der Waals surface area contributed by atoms with Gasteiger partial charge in [-0.25, -0.2) is 15.0 Å². The Balaban J connectivity index is 1.20. The molecule has 50 heavy (non-hydrogen) atoms. The fraction of sp³-hybridized carbons (Fsp3) is 0. The predicted molar refractivity (Wildman–Crippen MR) is 209 cm³/mol. The van der Waals surface area contributed by atoms with E-state index in [4.69, 9.17) is 15.0 Å². The van der Waals surface area contributed by atoms with Crippen molar-refractivity contribution in [1.82, 2.24) is 19.5 Å². The molecule has 0 saturated carbocycles. The lowest BCUT2D eigenvalue weighted by atomic mass is 9.97. The highest BCUT2D eigenvalue weighted by Gasteiger charge is 2.19. The first-order valence-corrected chi connectivity index (χ1v) is 17.5. The van der Waals surface area contributed by atoms with Gasteiger partial charge < -0.3 is 4.57 Å². The summed E-state index contributed by atoms with van der Waals surface area (Å²) in [5.74, 6) is 1.97. The van der Waals surface area contributed by atoms with Crippen molar-refractivity contribution in [2.24, 2.45) is 0 Å². The second-order valence-electron chi connectivity index (χ2n) is 12.4. The van der Waals surface area contributed by atoms with Crippen LogP contribution in [-0.2, 0) is 0 Å². The SMILES string of the molecule is c1ccc(-c2nc(-c3ccccc3)nc(-c3ccc4sc5cccc(-c6ccccc6-n6c7ccccc7c7ccccc76)c5c4c3)n2)cc1. The first kappa shape index (κ1) is 28.6. The zero-order valence-electron chi connectivity index (χ0n) is 26.9. The van der Waals surface area contributed by atoms with Gasteiger partial charge in [-0.1, -0.05) is 127 Å². The van der Waals surface area contributed by atoms with Gasteiger partial charge in [-0.15, -0.1) is 11.3 Å². The summed E-state index contributed by atoms with van der Waals surface area (Å²) in [7, 11) is 0. The topological polar surface area (TPSA) is 43.6 Å². The van der Waals surface area contributed by atoms with Crippen molar-refractivity contribution in [1.29, 1.82) is 0 Å². The Kier molecular flexibility index (Phi) is 6.64. The number of aromatic nitrogens is 4. The Morgan fingerprint density at radius 2 is 0.920 bits per heavy atom. The molecule has 0 atom stereocenters. The van der Waals surface area contributed by atoms with E-state index in [0.29, 0.717) is 17.5 Å². The standard InChI is InChI=1S/C45H28N4S/c1-3-14-29(15-4-1)43-46-44(30-16-5-2-6-17-30)48-45(47-43)31-26-27-40-36(28-31)42-35(21-13-25-41(42)50-40)34-20-9-12-24-39(34)49-37-22-10-7-18-32(37)33-19-8-11-23-38(33)49/h1-28H. The van der Waals surface area contributed by atoms with E-state index >= 15 is 0 Å². The molecule has 0 aliphatic rings. The van der Waals surface area contributed by atoms with Crippen LogP contribution in [0.5, 0.6) is 0 Å². The molecule has 10 aromatic rings. The molecule has 0 saturated heterocycles. The van der Waals surface area contributed by atoms with E-state index in [9.17, 15) is 0 Å². The summed E-state index contributed by atoms with van der Waals surface area (Å²) in [5.41, 5.74) is 8.82. The minimum absolute atomic E-state index is 0.655. The van der Waals surface area contributed by atoms with Crippen molar-refractivity contribution in [3.8, 4) is 51.0 Å². The van der Waals surface area contributed by atoms with Crippen molar-refractivity contribution in [2.75, 3.05) is 0 Å². The van der Waals surface area contributed by atoms with Crippen molar-refractivity contribution in [2.45, 2.75) is 0 Å². The minimum atomic E-state index is 0.655. The largest absolute Gasteiger partial charge is 0.309 e. The van der Waals surface area contributed by atoms with E-state index in [2.05, 4.69) is 114 Å². The molecule has 0 amide bonds. The number of nitrogens with zero attached hydrogens (tertiary/aromatic N) is 4. The molecular weight excluding hydrogens is 629 g/mol. The van der Waals surface area contributed by atoms with Crippen LogP contribution in [0.3, 0.4) is 0 Å². The third kappa shape index (κ3) is 4.63. The fourth-order valence-corrected chi connectivity index (χ4v) is 8.32. The Morgan fingerprint density at radius 3 is 1.58 bits per heavy atom. The number of benzene rings is 7. The molecule has 0 spiro atoms. The van der Waals surface area contributed by atoms with Crippen molar-refractivity contribution in [3.63, 3.8) is 0 Å². The summed E-state index contributed by atoms with van der Waals surface area (Å²) in [6, 6.07) is 59.7. The van der Waals surface area contributed by atoms with Crippen molar-refractivity contribution < 1.29 is 0 Å². The lowest BCUT2D eigenvalue weighted by Gasteiger charge is -2.15. The Hall–Kier alpha value is -6.43. The summed E-state index contributed by atoms with van der Waals surface area (Å²) in [5, 5.41) is 4.94. The highest BCUT2D eigenvalue weighted by atomic mass is 32.1. The van der Waals surface area contributed by atoms with Crippen LogP contribution in [0.25, 0.3) is 93.0 Å². The van der Waals surface area contributed by atoms with Gasteiger partial charge in [-0.2, -0.15) is 0 Å². The average Bonchev–Trinajstić information content (AvgIpc) is 3.74. The summed E-state index contributed by atoms with van der Waals surface area (Å²) in [4.78, 5) is 15.0. The number of fused-ring (bicyclic) bond motifs is 6. The maximum absolute atomic E-state index is 5.03. The number of thiophene rings is 1. The van der Waals surface area contributed by atoms with Crippen LogP contribution in [0.1, 0.15) is 0 Å². The fourth-order valence-electron chi connectivity index (χ4n) is 7.21. The summed E-state index contributed by atoms with van der Waals surface area (Å²) in [6.07, 6.45) is 0. The third-order valence-electron chi connectivity index (χ3n) is 9.47. The zero-order valence-corrected chi connectivity index (χ0v) is 27.7. The first-order chi connectivity index (χ1) is 24.8. The van der Waals surface area contributed by atoms with E-state index in [-0.39, 0.29) is 0 Å². The molecule has 5 heteroatoms. The van der Waals surface area contributed by atoms with Crippen LogP contribution in [0.2, 0.25) is 0 Å². The smallest absolute Gasteiger partial charge is 0.164 e. The van der Waals surface area contributed by atoms with Crippen LogP contribution in [0.4, 0.5) is 0 Å². The summed E-state index contributed by atoms with van der Waals surface area (Å²) in [6.45, 7) is 0. The molecule has 0 radical (unpaired) electrons. The van der Waals surface area contributed by atoms with Crippen LogP contribution in [-0.4, -0.2) is 19.5 Å².